The van der Waals surface area contributed by atoms with Crippen molar-refractivity contribution >= 4 is 34.9 Å². The van der Waals surface area contributed by atoms with Crippen LogP contribution in [0.15, 0.2) is 18.2 Å². The number of urea groups is 1. The molecule has 94 valence electrons. The maximum absolute atomic E-state index is 11.5. The normalized spacial score (nSPS) is 10.1. The van der Waals surface area contributed by atoms with E-state index in [9.17, 15) is 4.79 Å². The van der Waals surface area contributed by atoms with E-state index in [0.29, 0.717) is 28.9 Å². The van der Waals surface area contributed by atoms with E-state index in [1.807, 2.05) is 0 Å². The van der Waals surface area contributed by atoms with Gasteiger partial charge in [0.05, 0.1) is 10.7 Å². The molecule has 0 unspecified atom stereocenters. The highest BCUT2D eigenvalue weighted by molar-refractivity contribution is 6.36. The number of amides is 2. The quantitative estimate of drug-likeness (QED) is 0.812. The van der Waals surface area contributed by atoms with Crippen molar-refractivity contribution in [3.8, 4) is 0 Å². The molecule has 0 saturated heterocycles. The molecule has 0 saturated carbocycles. The Morgan fingerprint density at radius 3 is 2.82 bits per heavy atom. The predicted molar refractivity (Wildman–Crippen MR) is 70.0 cm³/mol. The zero-order valence-electron chi connectivity index (χ0n) is 9.43. The van der Waals surface area contributed by atoms with Gasteiger partial charge in [-0.15, -0.1) is 0 Å². The predicted octanol–water partition coefficient (Wildman–Crippen LogP) is 3.15. The van der Waals surface area contributed by atoms with Crippen LogP contribution in [0.5, 0.6) is 0 Å². The van der Waals surface area contributed by atoms with E-state index in [2.05, 4.69) is 10.6 Å². The highest BCUT2D eigenvalue weighted by atomic mass is 35.5. The summed E-state index contributed by atoms with van der Waals surface area (Å²) in [6.07, 6.45) is 0.762. The van der Waals surface area contributed by atoms with Gasteiger partial charge in [0.25, 0.3) is 0 Å². The molecule has 0 heterocycles. The molecule has 0 spiro atoms. The van der Waals surface area contributed by atoms with Crippen molar-refractivity contribution < 1.29 is 9.53 Å². The van der Waals surface area contributed by atoms with Crippen LogP contribution < -0.4 is 10.6 Å². The summed E-state index contributed by atoms with van der Waals surface area (Å²) in [5.41, 5.74) is 0.528. The molecule has 0 aliphatic heterocycles. The molecule has 1 aromatic carbocycles. The highest BCUT2D eigenvalue weighted by Gasteiger charge is 2.05. The first-order valence-electron chi connectivity index (χ1n) is 5.12. The number of anilines is 1. The van der Waals surface area contributed by atoms with E-state index < -0.39 is 0 Å². The topological polar surface area (TPSA) is 50.4 Å². The molecule has 17 heavy (non-hydrogen) atoms. The summed E-state index contributed by atoms with van der Waals surface area (Å²) in [7, 11) is 1.62. The van der Waals surface area contributed by atoms with Crippen LogP contribution in [0.3, 0.4) is 0 Å². The van der Waals surface area contributed by atoms with Crippen molar-refractivity contribution in [1.82, 2.24) is 5.32 Å². The summed E-state index contributed by atoms with van der Waals surface area (Å²) in [4.78, 5) is 11.5. The van der Waals surface area contributed by atoms with Gasteiger partial charge in [-0.1, -0.05) is 23.2 Å². The maximum Gasteiger partial charge on any atom is 0.319 e. The Balaban J connectivity index is 2.40. The number of halogens is 2. The number of benzene rings is 1. The number of rotatable bonds is 5. The zero-order chi connectivity index (χ0) is 12.7. The van der Waals surface area contributed by atoms with Gasteiger partial charge in [0.1, 0.15) is 0 Å². The van der Waals surface area contributed by atoms with Crippen molar-refractivity contribution in [2.24, 2.45) is 0 Å². The monoisotopic (exact) mass is 276 g/mol. The van der Waals surface area contributed by atoms with Crippen LogP contribution in [-0.2, 0) is 4.74 Å². The molecule has 0 aliphatic carbocycles. The van der Waals surface area contributed by atoms with Crippen LogP contribution in [0, 0.1) is 0 Å². The second kappa shape index (κ2) is 7.37. The van der Waals surface area contributed by atoms with Gasteiger partial charge < -0.3 is 15.4 Å². The lowest BCUT2D eigenvalue weighted by Crippen LogP contribution is -2.30. The molecular weight excluding hydrogens is 263 g/mol. The van der Waals surface area contributed by atoms with Crippen LogP contribution in [0.1, 0.15) is 6.42 Å². The summed E-state index contributed by atoms with van der Waals surface area (Å²) < 4.78 is 4.87. The first-order valence-corrected chi connectivity index (χ1v) is 5.88. The first kappa shape index (κ1) is 14.1. The average molecular weight is 277 g/mol. The summed E-state index contributed by atoms with van der Waals surface area (Å²) in [6.45, 7) is 1.16. The van der Waals surface area contributed by atoms with E-state index in [0.717, 1.165) is 6.42 Å². The van der Waals surface area contributed by atoms with E-state index >= 15 is 0 Å². The van der Waals surface area contributed by atoms with Gasteiger partial charge in [-0.25, -0.2) is 4.79 Å². The number of hydrogen-bond acceptors (Lipinski definition) is 2. The van der Waals surface area contributed by atoms with Gasteiger partial charge in [-0.3, -0.25) is 0 Å². The lowest BCUT2D eigenvalue weighted by Gasteiger charge is -2.08. The summed E-state index contributed by atoms with van der Waals surface area (Å²) in [5, 5.41) is 6.25. The molecule has 6 heteroatoms. The van der Waals surface area contributed by atoms with Gasteiger partial charge in [0, 0.05) is 25.3 Å². The fourth-order valence-electron chi connectivity index (χ4n) is 1.18. The van der Waals surface area contributed by atoms with Crippen LogP contribution in [-0.4, -0.2) is 26.3 Å². The Labute approximate surface area is 110 Å². The van der Waals surface area contributed by atoms with Crippen molar-refractivity contribution in [1.29, 1.82) is 0 Å². The SMILES string of the molecule is COCCCNC(=O)Nc1ccc(Cl)cc1Cl. The average Bonchev–Trinajstić information content (AvgIpc) is 2.28. The standard InChI is InChI=1S/C11H14Cl2N2O2/c1-17-6-2-5-14-11(16)15-10-4-3-8(12)7-9(10)13/h3-4,7H,2,5-6H2,1H3,(H2,14,15,16). The number of carbonyl (C=O) groups is 1. The summed E-state index contributed by atoms with van der Waals surface area (Å²) in [5.74, 6) is 0. The van der Waals surface area contributed by atoms with Gasteiger partial charge in [-0.2, -0.15) is 0 Å². The molecule has 0 aromatic heterocycles. The van der Waals surface area contributed by atoms with Gasteiger partial charge in [0.2, 0.25) is 0 Å². The van der Waals surface area contributed by atoms with Crippen molar-refractivity contribution in [3.63, 3.8) is 0 Å². The van der Waals surface area contributed by atoms with E-state index in [1.165, 1.54) is 0 Å². The highest BCUT2D eigenvalue weighted by Crippen LogP contribution is 2.25. The maximum atomic E-state index is 11.5. The van der Waals surface area contributed by atoms with Crippen LogP contribution in [0.4, 0.5) is 10.5 Å². The number of hydrogen-bond donors (Lipinski definition) is 2. The lowest BCUT2D eigenvalue weighted by molar-refractivity contribution is 0.194. The number of nitrogens with one attached hydrogen (secondary N) is 2. The van der Waals surface area contributed by atoms with Crippen molar-refractivity contribution in [2.45, 2.75) is 6.42 Å². The number of methoxy groups -OCH3 is 1. The second-order valence-corrected chi connectivity index (χ2v) is 4.20. The molecule has 0 atom stereocenters. The lowest BCUT2D eigenvalue weighted by atomic mass is 10.3. The molecule has 1 rings (SSSR count). The molecule has 0 fully saturated rings. The Bertz CT molecular complexity index is 386. The van der Waals surface area contributed by atoms with Crippen molar-refractivity contribution in [2.75, 3.05) is 25.6 Å². The molecule has 4 nitrogen and oxygen atoms in total. The number of ether oxygens (including phenoxy) is 1. The van der Waals surface area contributed by atoms with Crippen LogP contribution >= 0.6 is 23.2 Å². The Hall–Kier alpha value is -0.970. The third-order valence-corrected chi connectivity index (χ3v) is 2.54. The minimum Gasteiger partial charge on any atom is -0.385 e. The smallest absolute Gasteiger partial charge is 0.319 e. The molecule has 2 amide bonds. The molecule has 0 radical (unpaired) electrons. The zero-order valence-corrected chi connectivity index (χ0v) is 10.9. The molecule has 0 aliphatic rings. The third-order valence-electron chi connectivity index (χ3n) is 1.99. The molecule has 0 bridgehead atoms. The third kappa shape index (κ3) is 5.26. The van der Waals surface area contributed by atoms with Crippen molar-refractivity contribution in [3.05, 3.63) is 28.2 Å². The second-order valence-electron chi connectivity index (χ2n) is 3.35. The Morgan fingerprint density at radius 1 is 1.41 bits per heavy atom. The van der Waals surface area contributed by atoms with Gasteiger partial charge in [0.15, 0.2) is 0 Å². The Kier molecular flexibility index (Phi) is 6.11. The fraction of sp³-hybridized carbons (Fsp3) is 0.364. The minimum absolute atomic E-state index is 0.301. The molecular formula is C11H14Cl2N2O2. The Morgan fingerprint density at radius 2 is 2.18 bits per heavy atom. The first-order chi connectivity index (χ1) is 8.13. The molecule has 2 N–H and O–H groups in total. The largest absolute Gasteiger partial charge is 0.385 e. The fourth-order valence-corrected chi connectivity index (χ4v) is 1.63. The van der Waals surface area contributed by atoms with Crippen LogP contribution in [0.2, 0.25) is 10.0 Å². The summed E-state index contributed by atoms with van der Waals surface area (Å²) >= 11 is 11.7. The number of carbonyl (C=O) groups excluding carboxylic acids is 1. The summed E-state index contributed by atoms with van der Waals surface area (Å²) in [6, 6.07) is 4.59. The van der Waals surface area contributed by atoms with E-state index in [-0.39, 0.29) is 6.03 Å². The molecule has 1 aromatic rings. The van der Waals surface area contributed by atoms with E-state index in [1.54, 1.807) is 25.3 Å². The van der Waals surface area contributed by atoms with Crippen LogP contribution in [0.25, 0.3) is 0 Å². The minimum atomic E-state index is -0.301. The van der Waals surface area contributed by atoms with Gasteiger partial charge in [-0.05, 0) is 24.6 Å². The van der Waals surface area contributed by atoms with E-state index in [4.69, 9.17) is 27.9 Å². The van der Waals surface area contributed by atoms with Gasteiger partial charge >= 0.3 is 6.03 Å².